The Bertz CT molecular complexity index is 1540. The number of pyridine rings is 1. The van der Waals surface area contributed by atoms with E-state index in [2.05, 4.69) is 31.3 Å². The normalized spacial score (nSPS) is 24.0. The van der Waals surface area contributed by atoms with Crippen LogP contribution < -0.4 is 10.6 Å². The molecule has 1 aliphatic heterocycles. The van der Waals surface area contributed by atoms with Gasteiger partial charge in [-0.1, -0.05) is 23.4 Å². The third-order valence-electron chi connectivity index (χ3n) is 7.75. The molecule has 1 aliphatic carbocycles. The second-order valence-corrected chi connectivity index (χ2v) is 9.39. The average Bonchev–Trinajstić information content (AvgIpc) is 3.12. The standard InChI is InChI=1S/C25H24N8O/c1-14-10-20(32-34-14)25(13-26)17-7-9-33(12-18(17)25)21-11-28-23-22(30-31-24(23)29-21)16-4-2-6-19-15(16)5-3-8-27-19/h2-6,8,10-11,17-18H,7,9,12-13,26H2,1H3,(H,29,30,31). The van der Waals surface area contributed by atoms with Gasteiger partial charge in [-0.2, -0.15) is 5.10 Å². The van der Waals surface area contributed by atoms with Crippen molar-refractivity contribution in [3.63, 3.8) is 0 Å². The van der Waals surface area contributed by atoms with Gasteiger partial charge in [0.1, 0.15) is 22.8 Å². The topological polar surface area (TPSA) is 123 Å². The van der Waals surface area contributed by atoms with Crippen LogP contribution in [0.25, 0.3) is 33.3 Å². The first kappa shape index (κ1) is 19.6. The predicted molar refractivity (Wildman–Crippen MR) is 128 cm³/mol. The number of nitrogens with zero attached hydrogens (tertiary/aromatic N) is 6. The van der Waals surface area contributed by atoms with E-state index in [1.54, 1.807) is 6.20 Å². The Kier molecular flexibility index (Phi) is 4.08. The average molecular weight is 453 g/mol. The van der Waals surface area contributed by atoms with Gasteiger partial charge in [-0.3, -0.25) is 10.1 Å². The van der Waals surface area contributed by atoms with Crippen LogP contribution in [-0.2, 0) is 5.41 Å². The largest absolute Gasteiger partial charge is 0.361 e. The molecule has 9 heteroatoms. The molecule has 3 N–H and O–H groups in total. The molecule has 2 fully saturated rings. The molecule has 0 bridgehead atoms. The molecule has 5 heterocycles. The lowest BCUT2D eigenvalue weighted by molar-refractivity contribution is 0.379. The highest BCUT2D eigenvalue weighted by Crippen LogP contribution is 2.62. The second kappa shape index (κ2) is 7.07. The van der Waals surface area contributed by atoms with Crippen LogP contribution in [0.15, 0.2) is 53.3 Å². The van der Waals surface area contributed by atoms with Crippen molar-refractivity contribution in [3.8, 4) is 11.3 Å². The van der Waals surface area contributed by atoms with E-state index in [-0.39, 0.29) is 5.41 Å². The molecule has 170 valence electrons. The molecular weight excluding hydrogens is 428 g/mol. The molecule has 0 radical (unpaired) electrons. The summed E-state index contributed by atoms with van der Waals surface area (Å²) in [6.45, 7) is 4.30. The molecule has 5 aromatic rings. The van der Waals surface area contributed by atoms with Crippen LogP contribution in [0.3, 0.4) is 0 Å². The Morgan fingerprint density at radius 3 is 3.00 bits per heavy atom. The van der Waals surface area contributed by atoms with Gasteiger partial charge in [0.15, 0.2) is 5.65 Å². The fraction of sp³-hybridized carbons (Fsp3) is 0.320. The van der Waals surface area contributed by atoms with Crippen LogP contribution >= 0.6 is 0 Å². The van der Waals surface area contributed by atoms with Gasteiger partial charge in [0.25, 0.3) is 0 Å². The van der Waals surface area contributed by atoms with E-state index in [9.17, 15) is 0 Å². The number of piperidine rings is 1. The number of aromatic nitrogens is 6. The highest BCUT2D eigenvalue weighted by atomic mass is 16.5. The maximum absolute atomic E-state index is 6.28. The van der Waals surface area contributed by atoms with Crippen LogP contribution in [0.5, 0.6) is 0 Å². The number of rotatable bonds is 4. The summed E-state index contributed by atoms with van der Waals surface area (Å²) < 4.78 is 5.37. The maximum Gasteiger partial charge on any atom is 0.177 e. The highest BCUT2D eigenvalue weighted by Gasteiger charge is 2.67. The van der Waals surface area contributed by atoms with E-state index in [0.29, 0.717) is 24.0 Å². The van der Waals surface area contributed by atoms with E-state index < -0.39 is 0 Å². The van der Waals surface area contributed by atoms with Gasteiger partial charge in [-0.15, -0.1) is 0 Å². The zero-order chi connectivity index (χ0) is 22.9. The number of hydrogen-bond donors (Lipinski definition) is 2. The maximum atomic E-state index is 6.28. The van der Waals surface area contributed by atoms with Gasteiger partial charge in [-0.25, -0.2) is 9.97 Å². The molecule has 34 heavy (non-hydrogen) atoms. The lowest BCUT2D eigenvalue weighted by atomic mass is 9.97. The number of nitrogens with two attached hydrogens (primary N) is 1. The zero-order valence-corrected chi connectivity index (χ0v) is 18.8. The van der Waals surface area contributed by atoms with Crippen molar-refractivity contribution in [1.29, 1.82) is 0 Å². The van der Waals surface area contributed by atoms with E-state index >= 15 is 0 Å². The Hall–Kier alpha value is -3.85. The SMILES string of the molecule is Cc1cc(C2(CN)C3CCN(c4cnc5c(-c6cccc7ncccc67)n[nH]c5n4)CC32)no1. The molecule has 0 amide bonds. The quantitative estimate of drug-likeness (QED) is 0.426. The van der Waals surface area contributed by atoms with Crippen LogP contribution in [-0.4, -0.2) is 49.9 Å². The Morgan fingerprint density at radius 2 is 2.15 bits per heavy atom. The number of H-pyrrole nitrogens is 1. The van der Waals surface area contributed by atoms with Crippen LogP contribution in [0.4, 0.5) is 5.82 Å². The lowest BCUT2D eigenvalue weighted by Crippen LogP contribution is -2.32. The Balaban J connectivity index is 1.20. The minimum atomic E-state index is -0.0897. The molecular formula is C25H24N8O. The number of aryl methyl sites for hydroxylation is 1. The summed E-state index contributed by atoms with van der Waals surface area (Å²) in [4.78, 5) is 16.4. The molecule has 1 saturated heterocycles. The van der Waals surface area contributed by atoms with Crippen LogP contribution in [0, 0.1) is 18.8 Å². The molecule has 1 saturated carbocycles. The highest BCUT2D eigenvalue weighted by molar-refractivity contribution is 6.00. The minimum Gasteiger partial charge on any atom is -0.361 e. The van der Waals surface area contributed by atoms with Gasteiger partial charge in [0.2, 0.25) is 0 Å². The summed E-state index contributed by atoms with van der Waals surface area (Å²) in [7, 11) is 0. The van der Waals surface area contributed by atoms with Crippen molar-refractivity contribution in [3.05, 3.63) is 60.2 Å². The van der Waals surface area contributed by atoms with E-state index in [0.717, 1.165) is 64.5 Å². The van der Waals surface area contributed by atoms with Gasteiger partial charge >= 0.3 is 0 Å². The summed E-state index contributed by atoms with van der Waals surface area (Å²) in [5, 5.41) is 13.0. The van der Waals surface area contributed by atoms with Crippen molar-refractivity contribution < 1.29 is 4.52 Å². The third kappa shape index (κ3) is 2.67. The smallest absolute Gasteiger partial charge is 0.177 e. The van der Waals surface area contributed by atoms with E-state index in [4.69, 9.17) is 20.2 Å². The van der Waals surface area contributed by atoms with Crippen molar-refractivity contribution >= 4 is 27.9 Å². The monoisotopic (exact) mass is 452 g/mol. The van der Waals surface area contributed by atoms with Crippen LogP contribution in [0.1, 0.15) is 17.9 Å². The number of hydrogen-bond acceptors (Lipinski definition) is 8. The minimum absolute atomic E-state index is 0.0897. The molecule has 7 rings (SSSR count). The molecule has 1 aromatic carbocycles. The van der Waals surface area contributed by atoms with E-state index in [1.807, 2.05) is 43.5 Å². The molecule has 4 aromatic heterocycles. The summed E-state index contributed by atoms with van der Waals surface area (Å²) in [5.41, 5.74) is 11.3. The Labute approximate surface area is 195 Å². The molecule has 3 atom stereocenters. The summed E-state index contributed by atoms with van der Waals surface area (Å²) in [6, 6.07) is 12.1. The van der Waals surface area contributed by atoms with Crippen LogP contribution in [0.2, 0.25) is 0 Å². The van der Waals surface area contributed by atoms with Gasteiger partial charge in [0, 0.05) is 48.3 Å². The number of fused-ring (bicyclic) bond motifs is 3. The first-order valence-electron chi connectivity index (χ1n) is 11.6. The van der Waals surface area contributed by atoms with E-state index in [1.165, 1.54) is 0 Å². The fourth-order valence-corrected chi connectivity index (χ4v) is 6.00. The van der Waals surface area contributed by atoms with Gasteiger partial charge < -0.3 is 15.2 Å². The first-order valence-corrected chi connectivity index (χ1v) is 11.6. The summed E-state index contributed by atoms with van der Waals surface area (Å²) in [6.07, 6.45) is 4.70. The fourth-order valence-electron chi connectivity index (χ4n) is 6.00. The first-order chi connectivity index (χ1) is 16.7. The summed E-state index contributed by atoms with van der Waals surface area (Å²) >= 11 is 0. The van der Waals surface area contributed by atoms with Crippen molar-refractivity contribution in [2.24, 2.45) is 17.6 Å². The number of aromatic amines is 1. The molecule has 3 unspecified atom stereocenters. The van der Waals surface area contributed by atoms with Crippen molar-refractivity contribution in [2.75, 3.05) is 24.5 Å². The molecule has 2 aliphatic rings. The van der Waals surface area contributed by atoms with Gasteiger partial charge in [0.05, 0.1) is 17.4 Å². The third-order valence-corrected chi connectivity index (χ3v) is 7.75. The summed E-state index contributed by atoms with van der Waals surface area (Å²) in [5.74, 6) is 2.66. The lowest BCUT2D eigenvalue weighted by Gasteiger charge is -2.26. The number of anilines is 1. The molecule has 0 spiro atoms. The predicted octanol–water partition coefficient (Wildman–Crippen LogP) is 3.22. The van der Waals surface area contributed by atoms with Gasteiger partial charge in [-0.05, 0) is 37.3 Å². The van der Waals surface area contributed by atoms with Crippen molar-refractivity contribution in [1.82, 2.24) is 30.3 Å². The zero-order valence-electron chi connectivity index (χ0n) is 18.8. The number of nitrogens with one attached hydrogen (secondary N) is 1. The number of benzene rings is 1. The Morgan fingerprint density at radius 1 is 1.21 bits per heavy atom. The second-order valence-electron chi connectivity index (χ2n) is 9.39. The van der Waals surface area contributed by atoms with Crippen molar-refractivity contribution in [2.45, 2.75) is 18.8 Å². The molecule has 9 nitrogen and oxygen atoms in total.